The van der Waals surface area contributed by atoms with Gasteiger partial charge in [-0.2, -0.15) is 4.98 Å². The van der Waals surface area contributed by atoms with Gasteiger partial charge < -0.3 is 20.1 Å². The maximum Gasteiger partial charge on any atom is 0.227 e. The van der Waals surface area contributed by atoms with E-state index in [2.05, 4.69) is 25.5 Å². The Morgan fingerprint density at radius 2 is 2.08 bits per heavy atom. The predicted molar refractivity (Wildman–Crippen MR) is 91.8 cm³/mol. The molecule has 0 aliphatic carbocycles. The second kappa shape index (κ2) is 6.54. The van der Waals surface area contributed by atoms with E-state index in [0.29, 0.717) is 34.5 Å². The zero-order valence-corrected chi connectivity index (χ0v) is 13.9. The molecule has 1 saturated heterocycles. The normalized spacial score (nSPS) is 20.1. The fraction of sp³-hybridized carbons (Fsp3) is 0.375. The topological polar surface area (TPSA) is 76.1 Å². The molecule has 2 aromatic rings. The molecular formula is C16H18FN5OS. The van der Waals surface area contributed by atoms with Crippen molar-refractivity contribution >= 4 is 28.6 Å². The quantitative estimate of drug-likeness (QED) is 0.818. The van der Waals surface area contributed by atoms with E-state index in [0.717, 1.165) is 31.9 Å². The summed E-state index contributed by atoms with van der Waals surface area (Å²) in [4.78, 5) is 12.0. The third-order valence-corrected chi connectivity index (χ3v) is 5.62. The van der Waals surface area contributed by atoms with Gasteiger partial charge in [0.25, 0.3) is 0 Å². The number of fused-ring (bicyclic) bond motifs is 1. The Morgan fingerprint density at radius 1 is 1.25 bits per heavy atom. The van der Waals surface area contributed by atoms with Crippen LogP contribution in [0, 0.1) is 5.82 Å². The zero-order valence-electron chi connectivity index (χ0n) is 13.1. The van der Waals surface area contributed by atoms with Gasteiger partial charge in [-0.25, -0.2) is 9.37 Å². The van der Waals surface area contributed by atoms with Gasteiger partial charge >= 0.3 is 0 Å². The van der Waals surface area contributed by atoms with Crippen LogP contribution in [0.25, 0.3) is 0 Å². The van der Waals surface area contributed by atoms with Crippen LogP contribution in [-0.2, 0) is 17.6 Å². The van der Waals surface area contributed by atoms with Gasteiger partial charge in [0, 0.05) is 38.3 Å². The molecule has 3 heterocycles. The van der Waals surface area contributed by atoms with E-state index < -0.39 is 11.2 Å². The summed E-state index contributed by atoms with van der Waals surface area (Å²) < 4.78 is 25.8. The Kier molecular flexibility index (Phi) is 4.26. The lowest BCUT2D eigenvalue weighted by atomic mass is 10.3. The van der Waals surface area contributed by atoms with Gasteiger partial charge in [0.15, 0.2) is 5.82 Å². The Hall–Kier alpha value is -1.90. The number of hydrogen-bond acceptors (Lipinski definition) is 6. The monoisotopic (exact) mass is 347 g/mol. The Morgan fingerprint density at radius 3 is 2.88 bits per heavy atom. The Bertz CT molecular complexity index is 753. The van der Waals surface area contributed by atoms with Crippen LogP contribution in [0.2, 0.25) is 0 Å². The highest BCUT2D eigenvalue weighted by Gasteiger charge is 2.33. The molecule has 4 rings (SSSR count). The van der Waals surface area contributed by atoms with E-state index in [4.69, 9.17) is 0 Å². The molecule has 0 amide bonds. The molecular weight excluding hydrogens is 329 g/mol. The third-order valence-electron chi connectivity index (χ3n) is 4.16. The summed E-state index contributed by atoms with van der Waals surface area (Å²) in [5.74, 6) is 1.41. The number of benzene rings is 1. The van der Waals surface area contributed by atoms with Gasteiger partial charge in [-0.15, -0.1) is 0 Å². The predicted octanol–water partition coefficient (Wildman–Crippen LogP) is 1.43. The fourth-order valence-electron chi connectivity index (χ4n) is 2.98. The van der Waals surface area contributed by atoms with Crippen LogP contribution in [0.4, 0.5) is 21.8 Å². The minimum Gasteiger partial charge on any atom is -0.611 e. The van der Waals surface area contributed by atoms with E-state index in [1.165, 1.54) is 12.1 Å². The molecule has 2 N–H and O–H groups in total. The molecule has 2 aliphatic heterocycles. The van der Waals surface area contributed by atoms with Crippen LogP contribution < -0.4 is 15.5 Å². The largest absolute Gasteiger partial charge is 0.611 e. The average molecular weight is 347 g/mol. The number of piperazine rings is 1. The highest BCUT2D eigenvalue weighted by atomic mass is 32.2. The maximum atomic E-state index is 13.4. The van der Waals surface area contributed by atoms with Crippen molar-refractivity contribution in [3.05, 3.63) is 35.8 Å². The number of anilines is 3. The van der Waals surface area contributed by atoms with Crippen LogP contribution in [0.1, 0.15) is 5.69 Å². The molecule has 2 aliphatic rings. The standard InChI is InChI=1S/C16H18FN5OS/c17-11-2-1-3-12(10-11)19-15-14-13(4-9-24(14)23)20-16(21-15)22-7-5-18-6-8-22/h1-3,10,18H,4-9H2,(H,19,20,21). The summed E-state index contributed by atoms with van der Waals surface area (Å²) in [7, 11) is 0. The van der Waals surface area contributed by atoms with Gasteiger partial charge in [-0.3, -0.25) is 0 Å². The molecule has 0 saturated carbocycles. The summed E-state index contributed by atoms with van der Waals surface area (Å²) in [6.07, 6.45) is 0.682. The molecule has 1 unspecified atom stereocenters. The first-order valence-electron chi connectivity index (χ1n) is 7.98. The molecule has 1 aromatic carbocycles. The van der Waals surface area contributed by atoms with E-state index in [9.17, 15) is 8.94 Å². The first-order valence-corrected chi connectivity index (χ1v) is 9.30. The van der Waals surface area contributed by atoms with Crippen LogP contribution in [0.5, 0.6) is 0 Å². The third kappa shape index (κ3) is 3.04. The highest BCUT2D eigenvalue weighted by Crippen LogP contribution is 2.33. The zero-order chi connectivity index (χ0) is 16.5. The molecule has 24 heavy (non-hydrogen) atoms. The molecule has 1 aromatic heterocycles. The van der Waals surface area contributed by atoms with Crippen molar-refractivity contribution in [2.24, 2.45) is 0 Å². The fourth-order valence-corrected chi connectivity index (χ4v) is 4.28. The van der Waals surface area contributed by atoms with Gasteiger partial charge in [0.05, 0.1) is 0 Å². The number of hydrogen-bond donors (Lipinski definition) is 2. The number of aryl methyl sites for hydroxylation is 1. The molecule has 1 fully saturated rings. The van der Waals surface area contributed by atoms with Gasteiger partial charge in [0.1, 0.15) is 17.3 Å². The number of halogens is 1. The highest BCUT2D eigenvalue weighted by molar-refractivity contribution is 7.91. The van der Waals surface area contributed by atoms with Crippen molar-refractivity contribution in [2.75, 3.05) is 42.1 Å². The molecule has 1 atom stereocenters. The van der Waals surface area contributed by atoms with Crippen molar-refractivity contribution in [2.45, 2.75) is 11.3 Å². The summed E-state index contributed by atoms with van der Waals surface area (Å²) in [6, 6.07) is 6.18. The summed E-state index contributed by atoms with van der Waals surface area (Å²) in [5.41, 5.74) is 1.42. The van der Waals surface area contributed by atoms with Gasteiger partial charge in [-0.1, -0.05) is 6.07 Å². The van der Waals surface area contributed by atoms with Crippen molar-refractivity contribution in [1.82, 2.24) is 15.3 Å². The van der Waals surface area contributed by atoms with Gasteiger partial charge in [-0.05, 0) is 29.4 Å². The summed E-state index contributed by atoms with van der Waals surface area (Å²) in [5, 5.41) is 6.43. The minimum atomic E-state index is -1.11. The minimum absolute atomic E-state index is 0.325. The van der Waals surface area contributed by atoms with Crippen LogP contribution in [-0.4, -0.2) is 46.5 Å². The van der Waals surface area contributed by atoms with E-state index in [-0.39, 0.29) is 5.82 Å². The lowest BCUT2D eigenvalue weighted by Crippen LogP contribution is -2.44. The lowest BCUT2D eigenvalue weighted by molar-refractivity contribution is 0.578. The molecule has 0 bridgehead atoms. The van der Waals surface area contributed by atoms with Gasteiger partial charge in [0.2, 0.25) is 10.8 Å². The first-order chi connectivity index (χ1) is 11.7. The number of nitrogens with zero attached hydrogens (tertiary/aromatic N) is 3. The van der Waals surface area contributed by atoms with Crippen LogP contribution in [0.15, 0.2) is 29.2 Å². The molecule has 0 radical (unpaired) electrons. The summed E-state index contributed by atoms with van der Waals surface area (Å²) >= 11 is -1.11. The Balaban J connectivity index is 1.72. The SMILES string of the molecule is [O-][S+]1CCc2nc(N3CCNCC3)nc(Nc3cccc(F)c3)c21. The van der Waals surface area contributed by atoms with Crippen LogP contribution >= 0.6 is 0 Å². The smallest absolute Gasteiger partial charge is 0.227 e. The molecule has 126 valence electrons. The number of rotatable bonds is 3. The molecule has 0 spiro atoms. The molecule has 6 nitrogen and oxygen atoms in total. The summed E-state index contributed by atoms with van der Waals surface area (Å²) in [6.45, 7) is 3.45. The number of aromatic nitrogens is 2. The van der Waals surface area contributed by atoms with Crippen LogP contribution in [0.3, 0.4) is 0 Å². The van der Waals surface area contributed by atoms with E-state index in [1.54, 1.807) is 12.1 Å². The second-order valence-corrected chi connectivity index (χ2v) is 7.33. The van der Waals surface area contributed by atoms with Crippen molar-refractivity contribution in [3.63, 3.8) is 0 Å². The van der Waals surface area contributed by atoms with E-state index in [1.807, 2.05) is 0 Å². The van der Waals surface area contributed by atoms with E-state index >= 15 is 0 Å². The van der Waals surface area contributed by atoms with Crippen molar-refractivity contribution in [3.8, 4) is 0 Å². The first kappa shape index (κ1) is 15.6. The maximum absolute atomic E-state index is 13.4. The lowest BCUT2D eigenvalue weighted by Gasteiger charge is -2.28. The average Bonchev–Trinajstić information content (AvgIpc) is 2.97. The van der Waals surface area contributed by atoms with Crippen molar-refractivity contribution in [1.29, 1.82) is 0 Å². The second-order valence-electron chi connectivity index (χ2n) is 5.82. The molecule has 8 heteroatoms. The number of nitrogens with one attached hydrogen (secondary N) is 2. The Labute approximate surface area is 142 Å². The van der Waals surface area contributed by atoms with Crippen molar-refractivity contribution < 1.29 is 8.94 Å².